The third-order valence-corrected chi connectivity index (χ3v) is 8.80. The fourth-order valence-electron chi connectivity index (χ4n) is 4.03. The molecule has 0 unspecified atom stereocenters. The highest BCUT2D eigenvalue weighted by Crippen LogP contribution is 2.35. The van der Waals surface area contributed by atoms with Gasteiger partial charge >= 0.3 is 5.97 Å². The van der Waals surface area contributed by atoms with E-state index in [-0.39, 0.29) is 6.61 Å². The molecule has 0 aliphatic carbocycles. The van der Waals surface area contributed by atoms with Crippen molar-refractivity contribution in [3.05, 3.63) is 99.4 Å². The van der Waals surface area contributed by atoms with Gasteiger partial charge in [0, 0.05) is 43.4 Å². The molecule has 0 saturated carbocycles. The van der Waals surface area contributed by atoms with E-state index in [1.165, 1.54) is 15.3 Å². The number of ether oxygens (including phenoxy) is 1. The molecule has 0 fully saturated rings. The number of hydrogen-bond acceptors (Lipinski definition) is 7. The maximum atomic E-state index is 10.7. The summed E-state index contributed by atoms with van der Waals surface area (Å²) in [5, 5.41) is 15.4. The van der Waals surface area contributed by atoms with Gasteiger partial charge in [0.05, 0.1) is 5.57 Å². The molecule has 2 N–H and O–H groups in total. The van der Waals surface area contributed by atoms with Gasteiger partial charge in [-0.15, -0.1) is 34.4 Å². The van der Waals surface area contributed by atoms with Gasteiger partial charge < -0.3 is 19.6 Å². The van der Waals surface area contributed by atoms with Crippen LogP contribution in [0.15, 0.2) is 87.6 Å². The Bertz CT molecular complexity index is 1580. The fraction of sp³-hybridized carbons (Fsp3) is 0.167. The Morgan fingerprint density at radius 3 is 2.74 bits per heavy atom. The predicted octanol–water partition coefficient (Wildman–Crippen LogP) is 8.07. The number of furan rings is 1. The van der Waals surface area contributed by atoms with Gasteiger partial charge in [0.25, 0.3) is 0 Å². The number of carbonyl (C=O) groups is 1. The van der Waals surface area contributed by atoms with Gasteiger partial charge in [-0.25, -0.2) is 4.79 Å². The molecular formula is C30H27NO4S3. The number of nitrogens with one attached hydrogen (secondary N) is 1. The molecule has 3 aromatic heterocycles. The first-order valence-electron chi connectivity index (χ1n) is 12.1. The van der Waals surface area contributed by atoms with Crippen LogP contribution >= 0.6 is 34.4 Å². The molecule has 0 atom stereocenters. The standard InChI is InChI=1S/C30H27NO4S3/c1-19-14-23(7-9-25(19)34-18-30(32)33)36-13-11-31-17-24(29-4-3-12-37-29)27-16-22-15-21(6-8-26(22)35-27)28-10-5-20(2)38-28/h3-10,12,14-17,31H,11,13,18H2,1-2H3,(H,32,33)/b24-17-. The molecule has 38 heavy (non-hydrogen) atoms. The van der Waals surface area contributed by atoms with E-state index in [2.05, 4.69) is 66.2 Å². The van der Waals surface area contributed by atoms with Gasteiger partial charge in [-0.3, -0.25) is 0 Å². The SMILES string of the molecule is Cc1ccc(-c2ccc3oc(/C(=C/NCCSc4ccc(OCC(=O)O)c(C)c4)c4cccs4)cc3c2)s1. The summed E-state index contributed by atoms with van der Waals surface area (Å²) in [5.41, 5.74) is 4.04. The summed E-state index contributed by atoms with van der Waals surface area (Å²) >= 11 is 5.22. The second-order valence-corrected chi connectivity index (χ2v) is 12.1. The number of aryl methyl sites for hydroxylation is 2. The molecule has 2 aromatic carbocycles. The van der Waals surface area contributed by atoms with Crippen molar-refractivity contribution in [1.82, 2.24) is 5.32 Å². The second kappa shape index (κ2) is 11.9. The summed E-state index contributed by atoms with van der Waals surface area (Å²) in [6.07, 6.45) is 2.04. The molecule has 5 nitrogen and oxygen atoms in total. The van der Waals surface area contributed by atoms with Crippen LogP contribution in [0.3, 0.4) is 0 Å². The molecular weight excluding hydrogens is 535 g/mol. The number of thiophene rings is 2. The van der Waals surface area contributed by atoms with Crippen LogP contribution in [-0.4, -0.2) is 30.0 Å². The van der Waals surface area contributed by atoms with Crippen LogP contribution in [0.2, 0.25) is 0 Å². The Balaban J connectivity index is 1.26. The van der Waals surface area contributed by atoms with Crippen molar-refractivity contribution in [2.24, 2.45) is 0 Å². The number of rotatable bonds is 11. The third-order valence-electron chi connectivity index (χ3n) is 5.85. The van der Waals surface area contributed by atoms with Crippen molar-refractivity contribution >= 4 is 56.9 Å². The zero-order valence-electron chi connectivity index (χ0n) is 21.0. The fourth-order valence-corrected chi connectivity index (χ4v) is 6.52. The van der Waals surface area contributed by atoms with Crippen LogP contribution in [0.4, 0.5) is 0 Å². The van der Waals surface area contributed by atoms with E-state index in [0.29, 0.717) is 5.75 Å². The lowest BCUT2D eigenvalue weighted by Gasteiger charge is -2.09. The topological polar surface area (TPSA) is 71.7 Å². The van der Waals surface area contributed by atoms with E-state index >= 15 is 0 Å². The van der Waals surface area contributed by atoms with Crippen LogP contribution in [0.5, 0.6) is 5.75 Å². The molecule has 5 aromatic rings. The van der Waals surface area contributed by atoms with Crippen LogP contribution in [0.25, 0.3) is 27.0 Å². The van der Waals surface area contributed by atoms with E-state index in [4.69, 9.17) is 14.3 Å². The number of carboxylic acids is 1. The Morgan fingerprint density at radius 2 is 2.00 bits per heavy atom. The van der Waals surface area contributed by atoms with Crippen molar-refractivity contribution in [1.29, 1.82) is 0 Å². The minimum Gasteiger partial charge on any atom is -0.482 e. The van der Waals surface area contributed by atoms with Crippen LogP contribution in [-0.2, 0) is 4.79 Å². The molecule has 194 valence electrons. The highest BCUT2D eigenvalue weighted by molar-refractivity contribution is 7.99. The largest absolute Gasteiger partial charge is 0.482 e. The molecule has 0 radical (unpaired) electrons. The summed E-state index contributed by atoms with van der Waals surface area (Å²) in [6.45, 7) is 4.49. The van der Waals surface area contributed by atoms with Gasteiger partial charge in [0.15, 0.2) is 6.61 Å². The molecule has 0 aliphatic rings. The number of benzene rings is 2. The summed E-state index contributed by atoms with van der Waals surface area (Å²) in [4.78, 5) is 15.6. The first-order valence-corrected chi connectivity index (χ1v) is 14.8. The Morgan fingerprint density at radius 1 is 1.11 bits per heavy atom. The first kappa shape index (κ1) is 26.2. The Labute approximate surface area is 233 Å². The van der Waals surface area contributed by atoms with Gasteiger partial charge in [-0.2, -0.15) is 0 Å². The van der Waals surface area contributed by atoms with Crippen molar-refractivity contribution < 1.29 is 19.1 Å². The molecule has 3 heterocycles. The Hall–Kier alpha value is -3.46. The van der Waals surface area contributed by atoms with Gasteiger partial charge in [-0.05, 0) is 91.0 Å². The monoisotopic (exact) mass is 561 g/mol. The molecule has 5 rings (SSSR count). The van der Waals surface area contributed by atoms with E-state index in [9.17, 15) is 4.79 Å². The summed E-state index contributed by atoms with van der Waals surface area (Å²) in [6, 6.07) is 22.8. The van der Waals surface area contributed by atoms with Crippen molar-refractivity contribution in [2.45, 2.75) is 18.7 Å². The van der Waals surface area contributed by atoms with Crippen molar-refractivity contribution in [3.63, 3.8) is 0 Å². The minimum absolute atomic E-state index is 0.336. The van der Waals surface area contributed by atoms with E-state index < -0.39 is 5.97 Å². The highest BCUT2D eigenvalue weighted by Gasteiger charge is 2.13. The second-order valence-electron chi connectivity index (χ2n) is 8.72. The molecule has 0 aliphatic heterocycles. The quantitative estimate of drug-likeness (QED) is 0.125. The average Bonchev–Trinajstić information content (AvgIpc) is 3.66. The number of thioether (sulfide) groups is 1. The molecule has 0 saturated heterocycles. The van der Waals surface area contributed by atoms with E-state index in [0.717, 1.165) is 49.9 Å². The van der Waals surface area contributed by atoms with Gasteiger partial charge in [0.2, 0.25) is 0 Å². The third kappa shape index (κ3) is 6.32. The smallest absolute Gasteiger partial charge is 0.341 e. The summed E-state index contributed by atoms with van der Waals surface area (Å²) < 4.78 is 11.6. The summed E-state index contributed by atoms with van der Waals surface area (Å²) in [7, 11) is 0. The van der Waals surface area contributed by atoms with Gasteiger partial charge in [-0.1, -0.05) is 6.07 Å². The molecule has 0 spiro atoms. The molecule has 0 bridgehead atoms. The van der Waals surface area contributed by atoms with Gasteiger partial charge in [0.1, 0.15) is 17.1 Å². The van der Waals surface area contributed by atoms with E-state index in [1.54, 1.807) is 34.4 Å². The zero-order chi connectivity index (χ0) is 26.5. The zero-order valence-corrected chi connectivity index (χ0v) is 23.5. The first-order chi connectivity index (χ1) is 18.5. The molecule has 0 amide bonds. The lowest BCUT2D eigenvalue weighted by Crippen LogP contribution is -2.11. The lowest BCUT2D eigenvalue weighted by atomic mass is 10.1. The summed E-state index contributed by atoms with van der Waals surface area (Å²) in [5.74, 6) is 1.33. The van der Waals surface area contributed by atoms with Crippen LogP contribution < -0.4 is 10.1 Å². The number of hydrogen-bond donors (Lipinski definition) is 2. The maximum absolute atomic E-state index is 10.7. The highest BCUT2D eigenvalue weighted by atomic mass is 32.2. The lowest BCUT2D eigenvalue weighted by molar-refractivity contribution is -0.139. The average molecular weight is 562 g/mol. The number of aliphatic carboxylic acids is 1. The maximum Gasteiger partial charge on any atom is 0.341 e. The minimum atomic E-state index is -0.982. The Kier molecular flexibility index (Phi) is 8.22. The van der Waals surface area contributed by atoms with E-state index in [1.807, 2.05) is 31.3 Å². The molecule has 8 heteroatoms. The number of carboxylic acid groups (broad SMARTS) is 1. The van der Waals surface area contributed by atoms with Crippen LogP contribution in [0, 0.1) is 13.8 Å². The number of fused-ring (bicyclic) bond motifs is 1. The van der Waals surface area contributed by atoms with Crippen molar-refractivity contribution in [2.75, 3.05) is 18.9 Å². The van der Waals surface area contributed by atoms with Crippen molar-refractivity contribution in [3.8, 4) is 16.2 Å². The predicted molar refractivity (Wildman–Crippen MR) is 159 cm³/mol. The van der Waals surface area contributed by atoms with Crippen LogP contribution in [0.1, 0.15) is 21.1 Å². The normalized spacial score (nSPS) is 11.7.